The Hall–Kier alpha value is -1.82. The van der Waals surface area contributed by atoms with Crippen molar-refractivity contribution < 1.29 is 4.79 Å². The van der Waals surface area contributed by atoms with Crippen molar-refractivity contribution >= 4 is 23.4 Å². The maximum absolute atomic E-state index is 12.5. The second kappa shape index (κ2) is 6.35. The van der Waals surface area contributed by atoms with Crippen LogP contribution in [-0.4, -0.2) is 25.9 Å². The molecule has 1 amide bonds. The Kier molecular flexibility index (Phi) is 4.43. The molecule has 1 atom stereocenters. The lowest BCUT2D eigenvalue weighted by molar-refractivity contribution is -0.115. The first-order valence-corrected chi connectivity index (χ1v) is 8.80. The molecule has 0 aliphatic heterocycles. The van der Waals surface area contributed by atoms with Crippen molar-refractivity contribution in [2.45, 2.75) is 57.0 Å². The maximum atomic E-state index is 12.5. The standard InChI is InChI=1S/C17H22N4OS/c1-10-5-8-15(11(2)9-10)18-16(22)12(3)23-17-20-19-13(4)21(17)14-6-7-14/h5,8-9,12,14H,6-7H2,1-4H3,(H,18,22)/t12-/m0/s1. The molecule has 0 radical (unpaired) electrons. The van der Waals surface area contributed by atoms with E-state index in [4.69, 9.17) is 0 Å². The normalized spacial score (nSPS) is 15.5. The van der Waals surface area contributed by atoms with Crippen LogP contribution in [0.4, 0.5) is 5.69 Å². The summed E-state index contributed by atoms with van der Waals surface area (Å²) in [7, 11) is 0. The van der Waals surface area contributed by atoms with Gasteiger partial charge in [0.15, 0.2) is 5.16 Å². The first kappa shape index (κ1) is 16.1. The van der Waals surface area contributed by atoms with Gasteiger partial charge in [0.05, 0.1) is 5.25 Å². The van der Waals surface area contributed by atoms with E-state index in [1.54, 1.807) is 0 Å². The van der Waals surface area contributed by atoms with E-state index >= 15 is 0 Å². The fourth-order valence-electron chi connectivity index (χ4n) is 2.58. The van der Waals surface area contributed by atoms with Crippen molar-refractivity contribution in [3.8, 4) is 0 Å². The molecular formula is C17H22N4OS. The molecule has 1 aromatic carbocycles. The number of carbonyl (C=O) groups is 1. The molecule has 5 nitrogen and oxygen atoms in total. The van der Waals surface area contributed by atoms with Crippen LogP contribution >= 0.6 is 11.8 Å². The van der Waals surface area contributed by atoms with Gasteiger partial charge in [0, 0.05) is 11.7 Å². The first-order valence-electron chi connectivity index (χ1n) is 7.92. The van der Waals surface area contributed by atoms with Crippen LogP contribution in [0.3, 0.4) is 0 Å². The zero-order chi connectivity index (χ0) is 16.6. The van der Waals surface area contributed by atoms with Crippen LogP contribution < -0.4 is 5.32 Å². The number of rotatable bonds is 5. The van der Waals surface area contributed by atoms with E-state index in [9.17, 15) is 4.79 Å². The Balaban J connectivity index is 1.68. The number of hydrogen-bond donors (Lipinski definition) is 1. The number of hydrogen-bond acceptors (Lipinski definition) is 4. The Morgan fingerprint density at radius 2 is 2.04 bits per heavy atom. The van der Waals surface area contributed by atoms with E-state index in [2.05, 4.69) is 26.1 Å². The summed E-state index contributed by atoms with van der Waals surface area (Å²) in [5.74, 6) is 0.918. The summed E-state index contributed by atoms with van der Waals surface area (Å²) in [5, 5.41) is 12.0. The third-order valence-corrected chi connectivity index (χ3v) is 5.09. The van der Waals surface area contributed by atoms with Gasteiger partial charge in [0.2, 0.25) is 5.91 Å². The van der Waals surface area contributed by atoms with Crippen molar-refractivity contribution in [3.05, 3.63) is 35.2 Å². The third kappa shape index (κ3) is 3.58. The van der Waals surface area contributed by atoms with E-state index in [0.29, 0.717) is 6.04 Å². The summed E-state index contributed by atoms with van der Waals surface area (Å²) in [6.45, 7) is 7.93. The van der Waals surface area contributed by atoms with Crippen LogP contribution in [-0.2, 0) is 4.79 Å². The van der Waals surface area contributed by atoms with E-state index in [1.807, 2.05) is 39.8 Å². The van der Waals surface area contributed by atoms with Gasteiger partial charge in [0.1, 0.15) is 5.82 Å². The lowest BCUT2D eigenvalue weighted by atomic mass is 10.1. The lowest BCUT2D eigenvalue weighted by Crippen LogP contribution is -2.23. The average Bonchev–Trinajstić information content (AvgIpc) is 3.26. The van der Waals surface area contributed by atoms with Crippen LogP contribution in [0, 0.1) is 20.8 Å². The summed E-state index contributed by atoms with van der Waals surface area (Å²) in [6, 6.07) is 6.55. The number of carbonyl (C=O) groups excluding carboxylic acids is 1. The van der Waals surface area contributed by atoms with Crippen molar-refractivity contribution in [1.82, 2.24) is 14.8 Å². The van der Waals surface area contributed by atoms with E-state index < -0.39 is 0 Å². The molecule has 23 heavy (non-hydrogen) atoms. The molecule has 1 aliphatic rings. The molecule has 1 fully saturated rings. The minimum atomic E-state index is -0.225. The van der Waals surface area contributed by atoms with E-state index in [0.717, 1.165) is 22.2 Å². The molecule has 122 valence electrons. The van der Waals surface area contributed by atoms with Crippen molar-refractivity contribution in [2.24, 2.45) is 0 Å². The molecule has 1 N–H and O–H groups in total. The SMILES string of the molecule is Cc1ccc(NC(=O)[C@H](C)Sc2nnc(C)n2C2CC2)c(C)c1. The molecule has 0 bridgehead atoms. The van der Waals surface area contributed by atoms with Gasteiger partial charge in [-0.1, -0.05) is 29.5 Å². The zero-order valence-electron chi connectivity index (χ0n) is 14.0. The highest BCUT2D eigenvalue weighted by Crippen LogP contribution is 2.39. The summed E-state index contributed by atoms with van der Waals surface area (Å²) < 4.78 is 2.16. The molecule has 3 rings (SSSR count). The Bertz CT molecular complexity index is 736. The van der Waals surface area contributed by atoms with E-state index in [-0.39, 0.29) is 11.2 Å². The van der Waals surface area contributed by atoms with Crippen LogP contribution in [0.1, 0.15) is 42.8 Å². The monoisotopic (exact) mass is 330 g/mol. The second-order valence-corrected chi connectivity index (χ2v) is 7.51. The van der Waals surface area contributed by atoms with Crippen LogP contribution in [0.25, 0.3) is 0 Å². The summed E-state index contributed by atoms with van der Waals surface area (Å²) in [5.41, 5.74) is 3.14. The average molecular weight is 330 g/mol. The number of aryl methyl sites for hydroxylation is 3. The number of anilines is 1. The van der Waals surface area contributed by atoms with Crippen molar-refractivity contribution in [2.75, 3.05) is 5.32 Å². The van der Waals surface area contributed by atoms with E-state index in [1.165, 1.54) is 30.2 Å². The third-order valence-electron chi connectivity index (χ3n) is 4.04. The largest absolute Gasteiger partial charge is 0.325 e. The van der Waals surface area contributed by atoms with Gasteiger partial charge in [-0.15, -0.1) is 10.2 Å². The topological polar surface area (TPSA) is 59.8 Å². The smallest absolute Gasteiger partial charge is 0.237 e. The first-order chi connectivity index (χ1) is 11.0. The van der Waals surface area contributed by atoms with Gasteiger partial charge in [-0.25, -0.2) is 0 Å². The van der Waals surface area contributed by atoms with Crippen LogP contribution in [0.2, 0.25) is 0 Å². The highest BCUT2D eigenvalue weighted by molar-refractivity contribution is 8.00. The highest BCUT2D eigenvalue weighted by atomic mass is 32.2. The van der Waals surface area contributed by atoms with Gasteiger partial charge in [-0.05, 0) is 52.2 Å². The fraction of sp³-hybridized carbons (Fsp3) is 0.471. The molecule has 0 saturated heterocycles. The molecule has 1 heterocycles. The number of aromatic nitrogens is 3. The minimum Gasteiger partial charge on any atom is -0.325 e. The fourth-order valence-corrected chi connectivity index (χ4v) is 3.55. The van der Waals surface area contributed by atoms with Crippen LogP contribution in [0.5, 0.6) is 0 Å². The van der Waals surface area contributed by atoms with Gasteiger partial charge in [-0.3, -0.25) is 4.79 Å². The molecule has 1 aromatic heterocycles. The van der Waals surface area contributed by atoms with Crippen molar-refractivity contribution in [3.63, 3.8) is 0 Å². The highest BCUT2D eigenvalue weighted by Gasteiger charge is 2.29. The van der Waals surface area contributed by atoms with Gasteiger partial charge in [-0.2, -0.15) is 0 Å². The second-order valence-electron chi connectivity index (χ2n) is 6.20. The summed E-state index contributed by atoms with van der Waals surface area (Å²) >= 11 is 1.47. The Morgan fingerprint density at radius 3 is 2.70 bits per heavy atom. The number of thioether (sulfide) groups is 1. The Morgan fingerprint density at radius 1 is 1.30 bits per heavy atom. The molecule has 6 heteroatoms. The van der Waals surface area contributed by atoms with Gasteiger partial charge >= 0.3 is 0 Å². The van der Waals surface area contributed by atoms with Crippen LogP contribution in [0.15, 0.2) is 23.4 Å². The number of amides is 1. The Labute approximate surface area is 140 Å². The molecule has 2 aromatic rings. The van der Waals surface area contributed by atoms with Gasteiger partial charge < -0.3 is 9.88 Å². The maximum Gasteiger partial charge on any atom is 0.237 e. The summed E-state index contributed by atoms with van der Waals surface area (Å²) in [6.07, 6.45) is 2.35. The minimum absolute atomic E-state index is 0.00930. The lowest BCUT2D eigenvalue weighted by Gasteiger charge is -2.14. The van der Waals surface area contributed by atoms with Gasteiger partial charge in [0.25, 0.3) is 0 Å². The predicted molar refractivity (Wildman–Crippen MR) is 92.9 cm³/mol. The quantitative estimate of drug-likeness (QED) is 0.850. The predicted octanol–water partition coefficient (Wildman–Crippen LogP) is 3.66. The molecule has 1 saturated carbocycles. The number of nitrogens with one attached hydrogen (secondary N) is 1. The molecular weight excluding hydrogens is 308 g/mol. The number of benzene rings is 1. The zero-order valence-corrected chi connectivity index (χ0v) is 14.8. The number of nitrogens with zero attached hydrogens (tertiary/aromatic N) is 3. The molecule has 0 unspecified atom stereocenters. The molecule has 1 aliphatic carbocycles. The summed E-state index contributed by atoms with van der Waals surface area (Å²) in [4.78, 5) is 12.5. The molecule has 0 spiro atoms. The van der Waals surface area contributed by atoms with Crippen molar-refractivity contribution in [1.29, 1.82) is 0 Å².